The molecule has 7 nitrogen and oxygen atoms in total. The van der Waals surface area contributed by atoms with Gasteiger partial charge in [0.2, 0.25) is 0 Å². The number of rotatable bonds is 8. The largest absolute Gasteiger partial charge is 0.370 e. The van der Waals surface area contributed by atoms with Crippen molar-refractivity contribution in [2.75, 3.05) is 39.4 Å². The predicted octanol–water partition coefficient (Wildman–Crippen LogP) is 1.69. The van der Waals surface area contributed by atoms with Crippen LogP contribution >= 0.6 is 0 Å². The first-order chi connectivity index (χ1) is 15.2. The highest BCUT2D eigenvalue weighted by atomic mass is 16.5. The third-order valence-electron chi connectivity index (χ3n) is 5.91. The fourth-order valence-electron chi connectivity index (χ4n) is 4.29. The molecule has 0 unspecified atom stereocenters. The average molecular weight is 423 g/mol. The van der Waals surface area contributed by atoms with E-state index in [9.17, 15) is 4.79 Å². The quantitative estimate of drug-likeness (QED) is 0.542. The first kappa shape index (κ1) is 21.5. The lowest BCUT2D eigenvalue weighted by molar-refractivity contribution is -0.908. The van der Waals surface area contributed by atoms with Crippen LogP contribution in [0.25, 0.3) is 16.8 Å². The van der Waals surface area contributed by atoms with Gasteiger partial charge in [-0.15, -0.1) is 0 Å². The van der Waals surface area contributed by atoms with Crippen molar-refractivity contribution < 1.29 is 14.4 Å². The fraction of sp³-hybridized carbons (Fsp3) is 0.458. The molecule has 7 heteroatoms. The number of aryl methyl sites for hydroxylation is 2. The van der Waals surface area contributed by atoms with Gasteiger partial charge >= 0.3 is 0 Å². The molecule has 1 aliphatic rings. The van der Waals surface area contributed by atoms with Crippen LogP contribution in [0.15, 0.2) is 36.5 Å². The van der Waals surface area contributed by atoms with Crippen molar-refractivity contribution >= 4 is 11.6 Å². The highest BCUT2D eigenvalue weighted by molar-refractivity contribution is 5.95. The smallest absolute Gasteiger partial charge is 0.254 e. The van der Waals surface area contributed by atoms with Crippen molar-refractivity contribution in [3.05, 3.63) is 53.5 Å². The number of nitrogens with zero attached hydrogens (tertiary/aromatic N) is 3. The van der Waals surface area contributed by atoms with E-state index >= 15 is 0 Å². The minimum absolute atomic E-state index is 0.0655. The van der Waals surface area contributed by atoms with Crippen molar-refractivity contribution in [3.8, 4) is 11.1 Å². The molecule has 1 amide bonds. The second-order valence-corrected chi connectivity index (χ2v) is 8.15. The topological polar surface area (TPSA) is 73.0 Å². The maximum atomic E-state index is 13.0. The Bertz CT molecular complexity index is 1030. The van der Waals surface area contributed by atoms with E-state index in [0.29, 0.717) is 12.1 Å². The number of benzene rings is 1. The molecule has 4 rings (SSSR count). The highest BCUT2D eigenvalue weighted by Gasteiger charge is 2.20. The molecule has 31 heavy (non-hydrogen) atoms. The van der Waals surface area contributed by atoms with Crippen molar-refractivity contribution in [1.82, 2.24) is 19.9 Å². The summed E-state index contributed by atoms with van der Waals surface area (Å²) in [7, 11) is 0. The summed E-state index contributed by atoms with van der Waals surface area (Å²) in [5, 5.41) is 7.86. The second-order valence-electron chi connectivity index (χ2n) is 8.15. The summed E-state index contributed by atoms with van der Waals surface area (Å²) in [4.78, 5) is 19.2. The molecule has 2 N–H and O–H groups in total. The van der Waals surface area contributed by atoms with Gasteiger partial charge in [-0.1, -0.05) is 43.7 Å². The van der Waals surface area contributed by atoms with Crippen LogP contribution in [0.4, 0.5) is 0 Å². The summed E-state index contributed by atoms with van der Waals surface area (Å²) in [5.41, 5.74) is 5.39. The van der Waals surface area contributed by atoms with Crippen molar-refractivity contribution in [3.63, 3.8) is 0 Å². The minimum atomic E-state index is -0.0655. The zero-order chi connectivity index (χ0) is 21.6. The Kier molecular flexibility index (Phi) is 6.94. The Labute approximate surface area is 183 Å². The molecule has 0 bridgehead atoms. The number of fused-ring (bicyclic) bond motifs is 1. The lowest BCUT2D eigenvalue weighted by Gasteiger charge is -2.23. The molecule has 3 heterocycles. The van der Waals surface area contributed by atoms with E-state index in [-0.39, 0.29) is 5.91 Å². The second kappa shape index (κ2) is 10.0. The number of ether oxygens (including phenoxy) is 1. The molecule has 0 spiro atoms. The Hall–Kier alpha value is -2.77. The van der Waals surface area contributed by atoms with E-state index in [1.807, 2.05) is 29.6 Å². The number of hydrogen-bond acceptors (Lipinski definition) is 4. The summed E-state index contributed by atoms with van der Waals surface area (Å²) in [5.74, 6) is -0.0655. The van der Waals surface area contributed by atoms with Crippen molar-refractivity contribution in [1.29, 1.82) is 0 Å². The van der Waals surface area contributed by atoms with Crippen LogP contribution in [-0.4, -0.2) is 59.9 Å². The van der Waals surface area contributed by atoms with E-state index < -0.39 is 0 Å². The van der Waals surface area contributed by atoms with Gasteiger partial charge < -0.3 is 15.0 Å². The number of amides is 1. The van der Waals surface area contributed by atoms with Gasteiger partial charge in [-0.25, -0.2) is 9.50 Å². The van der Waals surface area contributed by atoms with Gasteiger partial charge in [-0.3, -0.25) is 4.79 Å². The summed E-state index contributed by atoms with van der Waals surface area (Å²) in [6.45, 7) is 9.62. The molecule has 1 aliphatic heterocycles. The lowest BCUT2D eigenvalue weighted by Crippen LogP contribution is -3.14. The van der Waals surface area contributed by atoms with Crippen LogP contribution in [-0.2, 0) is 11.2 Å². The number of nitrogens with one attached hydrogen (secondary N) is 2. The predicted molar refractivity (Wildman–Crippen MR) is 120 cm³/mol. The van der Waals surface area contributed by atoms with Crippen molar-refractivity contribution in [2.24, 2.45) is 0 Å². The number of carbonyl (C=O) groups excluding carboxylic acids is 1. The Morgan fingerprint density at radius 1 is 1.23 bits per heavy atom. The van der Waals surface area contributed by atoms with Crippen molar-refractivity contribution in [2.45, 2.75) is 33.1 Å². The molecule has 164 valence electrons. The molecular weight excluding hydrogens is 390 g/mol. The van der Waals surface area contributed by atoms with Gasteiger partial charge in [0.15, 0.2) is 5.65 Å². The third-order valence-corrected chi connectivity index (χ3v) is 5.91. The molecule has 1 fully saturated rings. The Morgan fingerprint density at radius 2 is 2.00 bits per heavy atom. The monoisotopic (exact) mass is 422 g/mol. The van der Waals surface area contributed by atoms with E-state index in [1.54, 1.807) is 11.1 Å². The molecule has 2 aromatic heterocycles. The highest BCUT2D eigenvalue weighted by Crippen LogP contribution is 2.28. The number of hydrogen-bond donors (Lipinski definition) is 2. The molecule has 1 saturated heterocycles. The van der Waals surface area contributed by atoms with Gasteiger partial charge in [0.25, 0.3) is 5.91 Å². The normalized spacial score (nSPS) is 14.8. The zero-order valence-corrected chi connectivity index (χ0v) is 18.5. The van der Waals surface area contributed by atoms with Gasteiger partial charge in [-0.05, 0) is 18.9 Å². The van der Waals surface area contributed by atoms with Gasteiger partial charge in [-0.2, -0.15) is 5.10 Å². The van der Waals surface area contributed by atoms with Crippen LogP contribution < -0.4 is 10.2 Å². The van der Waals surface area contributed by atoms with Crippen LogP contribution in [0.2, 0.25) is 0 Å². The SMILES string of the molecule is CCCc1c(C(=O)NCCC[NH+]2CCOCC2)cnc2c(-c3ccccc3)c(C)nn12. The fourth-order valence-corrected chi connectivity index (χ4v) is 4.29. The lowest BCUT2D eigenvalue weighted by atomic mass is 10.1. The van der Waals surface area contributed by atoms with Gasteiger partial charge in [0.1, 0.15) is 13.1 Å². The van der Waals surface area contributed by atoms with Crippen LogP contribution in [0.5, 0.6) is 0 Å². The maximum Gasteiger partial charge on any atom is 0.254 e. The zero-order valence-electron chi connectivity index (χ0n) is 18.5. The third kappa shape index (κ3) is 4.78. The summed E-state index contributed by atoms with van der Waals surface area (Å²) < 4.78 is 7.27. The molecule has 1 aromatic carbocycles. The summed E-state index contributed by atoms with van der Waals surface area (Å²) in [6.07, 6.45) is 4.38. The Morgan fingerprint density at radius 3 is 2.74 bits per heavy atom. The summed E-state index contributed by atoms with van der Waals surface area (Å²) in [6, 6.07) is 10.2. The van der Waals surface area contributed by atoms with E-state index in [0.717, 1.165) is 80.3 Å². The Balaban J connectivity index is 1.53. The maximum absolute atomic E-state index is 13.0. The van der Waals surface area contributed by atoms with Crippen LogP contribution in [0.1, 0.15) is 41.5 Å². The van der Waals surface area contributed by atoms with Crippen LogP contribution in [0.3, 0.4) is 0 Å². The molecule has 0 saturated carbocycles. The standard InChI is InChI=1S/C24H31N5O2/c1-3-8-21-20(24(30)25-11-7-12-28-13-15-31-16-14-28)17-26-23-22(18(2)27-29(21)23)19-9-5-4-6-10-19/h4-6,9-10,17H,3,7-8,11-16H2,1-2H3,(H,25,30)/p+1. The summed E-state index contributed by atoms with van der Waals surface area (Å²) >= 11 is 0. The number of morpholine rings is 1. The molecular formula is C24H32N5O2+. The van der Waals surface area contributed by atoms with E-state index in [1.165, 1.54) is 0 Å². The minimum Gasteiger partial charge on any atom is -0.370 e. The molecule has 0 atom stereocenters. The number of carbonyl (C=O) groups is 1. The first-order valence-electron chi connectivity index (χ1n) is 11.3. The first-order valence-corrected chi connectivity index (χ1v) is 11.3. The molecule has 0 radical (unpaired) electrons. The number of aromatic nitrogens is 3. The van der Waals surface area contributed by atoms with E-state index in [4.69, 9.17) is 9.84 Å². The van der Waals surface area contributed by atoms with Gasteiger partial charge in [0, 0.05) is 24.7 Å². The molecule has 3 aromatic rings. The molecule has 0 aliphatic carbocycles. The average Bonchev–Trinajstić information content (AvgIpc) is 3.14. The van der Waals surface area contributed by atoms with Crippen LogP contribution in [0, 0.1) is 6.92 Å². The van der Waals surface area contributed by atoms with Gasteiger partial charge in [0.05, 0.1) is 36.7 Å². The number of quaternary nitrogens is 1. The van der Waals surface area contributed by atoms with E-state index in [2.05, 4.69) is 29.4 Å².